The fourth-order valence-electron chi connectivity index (χ4n) is 2.35. The normalized spacial score (nSPS) is 13.6. The minimum absolute atomic E-state index is 0.0628. The summed E-state index contributed by atoms with van der Waals surface area (Å²) in [5.41, 5.74) is 0. The number of rotatable bonds is 10. The molecule has 2 unspecified atom stereocenters. The van der Waals surface area contributed by atoms with Crippen LogP contribution in [-0.4, -0.2) is 33.3 Å². The summed E-state index contributed by atoms with van der Waals surface area (Å²) >= 11 is 0. The molecule has 0 aliphatic carbocycles. The predicted molar refractivity (Wildman–Crippen MR) is 79.8 cm³/mol. The van der Waals surface area contributed by atoms with E-state index in [2.05, 4.69) is 17.3 Å². The predicted octanol–water partition coefficient (Wildman–Crippen LogP) is 2.23. The first kappa shape index (κ1) is 17.2. The van der Waals surface area contributed by atoms with Crippen LogP contribution in [0.1, 0.15) is 52.0 Å². The third kappa shape index (κ3) is 6.42. The topological polar surface area (TPSA) is 84.2 Å². The first-order chi connectivity index (χ1) is 10.0. The van der Waals surface area contributed by atoms with Crippen molar-refractivity contribution < 1.29 is 14.7 Å². The summed E-state index contributed by atoms with van der Waals surface area (Å²) < 4.78 is 1.61. The number of nitrogens with one attached hydrogen (secondary N) is 1. The zero-order chi connectivity index (χ0) is 15.7. The Balaban J connectivity index is 2.32. The van der Waals surface area contributed by atoms with Crippen LogP contribution in [0.4, 0.5) is 0 Å². The van der Waals surface area contributed by atoms with E-state index in [0.717, 1.165) is 19.3 Å². The van der Waals surface area contributed by atoms with E-state index in [1.807, 2.05) is 0 Å². The highest BCUT2D eigenvalue weighted by molar-refractivity contribution is 5.79. The van der Waals surface area contributed by atoms with Gasteiger partial charge in [-0.1, -0.05) is 19.8 Å². The molecule has 1 amide bonds. The third-order valence-corrected chi connectivity index (χ3v) is 3.62. The van der Waals surface area contributed by atoms with Gasteiger partial charge in [0.1, 0.15) is 6.04 Å². The molecule has 2 atom stereocenters. The van der Waals surface area contributed by atoms with Gasteiger partial charge in [-0.25, -0.2) is 0 Å². The lowest BCUT2D eigenvalue weighted by atomic mass is 9.94. The average molecular weight is 295 g/mol. The van der Waals surface area contributed by atoms with Crippen LogP contribution >= 0.6 is 0 Å². The standard InChI is InChI=1S/C15H25N3O3/c1-3-5-13(6-7-14(19)20)8-10-16-15(21)12(2)18-11-4-9-17-18/h4,9,11-13H,3,5-8,10H2,1-2H3,(H,16,21)(H,19,20). The number of carbonyl (C=O) groups is 2. The molecule has 1 rings (SSSR count). The zero-order valence-electron chi connectivity index (χ0n) is 12.8. The Bertz CT molecular complexity index is 431. The van der Waals surface area contributed by atoms with Gasteiger partial charge in [0.15, 0.2) is 0 Å². The van der Waals surface area contributed by atoms with Crippen LogP contribution in [0.3, 0.4) is 0 Å². The Morgan fingerprint density at radius 2 is 2.10 bits per heavy atom. The van der Waals surface area contributed by atoms with Crippen LogP contribution in [0.5, 0.6) is 0 Å². The van der Waals surface area contributed by atoms with Crippen LogP contribution in [0, 0.1) is 5.92 Å². The monoisotopic (exact) mass is 295 g/mol. The fraction of sp³-hybridized carbons (Fsp3) is 0.667. The van der Waals surface area contributed by atoms with Crippen molar-refractivity contribution in [3.8, 4) is 0 Å². The first-order valence-corrected chi connectivity index (χ1v) is 7.53. The van der Waals surface area contributed by atoms with Gasteiger partial charge in [0, 0.05) is 25.4 Å². The van der Waals surface area contributed by atoms with Crippen molar-refractivity contribution in [3.05, 3.63) is 18.5 Å². The van der Waals surface area contributed by atoms with Crippen molar-refractivity contribution in [1.82, 2.24) is 15.1 Å². The Hall–Kier alpha value is -1.85. The van der Waals surface area contributed by atoms with Crippen molar-refractivity contribution in [2.24, 2.45) is 5.92 Å². The summed E-state index contributed by atoms with van der Waals surface area (Å²) in [6.45, 7) is 4.47. The molecular weight excluding hydrogens is 270 g/mol. The van der Waals surface area contributed by atoms with Gasteiger partial charge >= 0.3 is 5.97 Å². The molecule has 0 aliphatic heterocycles. The second-order valence-electron chi connectivity index (χ2n) is 5.33. The summed E-state index contributed by atoms with van der Waals surface area (Å²) in [5.74, 6) is -0.467. The number of hydrogen-bond donors (Lipinski definition) is 2. The van der Waals surface area contributed by atoms with E-state index in [1.165, 1.54) is 0 Å². The van der Waals surface area contributed by atoms with Gasteiger partial charge in [0.05, 0.1) is 0 Å². The quantitative estimate of drug-likeness (QED) is 0.693. The lowest BCUT2D eigenvalue weighted by Gasteiger charge is -2.17. The molecule has 0 saturated heterocycles. The molecule has 0 spiro atoms. The molecule has 6 nitrogen and oxygen atoms in total. The summed E-state index contributed by atoms with van der Waals surface area (Å²) in [6, 6.07) is 1.45. The van der Waals surface area contributed by atoms with E-state index in [0.29, 0.717) is 18.9 Å². The molecule has 0 aromatic carbocycles. The minimum Gasteiger partial charge on any atom is -0.481 e. The molecule has 1 aromatic heterocycles. The van der Waals surface area contributed by atoms with Crippen LogP contribution in [0.2, 0.25) is 0 Å². The van der Waals surface area contributed by atoms with E-state index >= 15 is 0 Å². The van der Waals surface area contributed by atoms with Crippen molar-refractivity contribution >= 4 is 11.9 Å². The Kier molecular flexibility index (Phi) is 7.50. The molecule has 0 aliphatic rings. The van der Waals surface area contributed by atoms with E-state index in [1.54, 1.807) is 30.1 Å². The molecule has 1 heterocycles. The molecular formula is C15H25N3O3. The molecule has 0 saturated carbocycles. The molecule has 0 fully saturated rings. The van der Waals surface area contributed by atoms with E-state index in [4.69, 9.17) is 5.11 Å². The van der Waals surface area contributed by atoms with Crippen LogP contribution in [0.15, 0.2) is 18.5 Å². The number of amides is 1. The molecule has 1 aromatic rings. The zero-order valence-corrected chi connectivity index (χ0v) is 12.8. The maximum absolute atomic E-state index is 12.0. The molecule has 2 N–H and O–H groups in total. The second kappa shape index (κ2) is 9.15. The number of aromatic nitrogens is 2. The van der Waals surface area contributed by atoms with Crippen molar-refractivity contribution in [3.63, 3.8) is 0 Å². The molecule has 0 radical (unpaired) electrons. The SMILES string of the molecule is CCCC(CCNC(=O)C(C)n1cccn1)CCC(=O)O. The number of carboxylic acids is 1. The van der Waals surface area contributed by atoms with Gasteiger partial charge in [0.25, 0.3) is 0 Å². The van der Waals surface area contributed by atoms with Crippen LogP contribution in [-0.2, 0) is 9.59 Å². The smallest absolute Gasteiger partial charge is 0.303 e. The Morgan fingerprint density at radius 3 is 2.67 bits per heavy atom. The van der Waals surface area contributed by atoms with Gasteiger partial charge in [-0.2, -0.15) is 5.10 Å². The van der Waals surface area contributed by atoms with Gasteiger partial charge in [-0.05, 0) is 31.7 Å². The van der Waals surface area contributed by atoms with Crippen LogP contribution < -0.4 is 5.32 Å². The van der Waals surface area contributed by atoms with Gasteiger partial charge in [0.2, 0.25) is 5.91 Å². The molecule has 21 heavy (non-hydrogen) atoms. The average Bonchev–Trinajstić information content (AvgIpc) is 2.97. The number of nitrogens with zero attached hydrogens (tertiary/aromatic N) is 2. The van der Waals surface area contributed by atoms with Crippen molar-refractivity contribution in [1.29, 1.82) is 0 Å². The maximum Gasteiger partial charge on any atom is 0.303 e. The molecule has 6 heteroatoms. The van der Waals surface area contributed by atoms with E-state index < -0.39 is 5.97 Å². The van der Waals surface area contributed by atoms with Gasteiger partial charge < -0.3 is 10.4 Å². The summed E-state index contributed by atoms with van der Waals surface area (Å²) in [4.78, 5) is 22.6. The van der Waals surface area contributed by atoms with E-state index in [-0.39, 0.29) is 18.4 Å². The minimum atomic E-state index is -0.757. The number of carboxylic acid groups (broad SMARTS) is 1. The van der Waals surface area contributed by atoms with Crippen LogP contribution in [0.25, 0.3) is 0 Å². The number of hydrogen-bond acceptors (Lipinski definition) is 3. The Morgan fingerprint density at radius 1 is 1.33 bits per heavy atom. The number of carbonyl (C=O) groups excluding carboxylic acids is 1. The van der Waals surface area contributed by atoms with Crippen molar-refractivity contribution in [2.45, 2.75) is 52.0 Å². The number of aliphatic carboxylic acids is 1. The van der Waals surface area contributed by atoms with Gasteiger partial charge in [-0.15, -0.1) is 0 Å². The summed E-state index contributed by atoms with van der Waals surface area (Å²) in [6.07, 6.45) is 7.12. The van der Waals surface area contributed by atoms with Crippen molar-refractivity contribution in [2.75, 3.05) is 6.54 Å². The molecule has 0 bridgehead atoms. The van der Waals surface area contributed by atoms with Gasteiger partial charge in [-0.3, -0.25) is 14.3 Å². The lowest BCUT2D eigenvalue weighted by molar-refractivity contribution is -0.137. The summed E-state index contributed by atoms with van der Waals surface area (Å²) in [7, 11) is 0. The fourth-order valence-corrected chi connectivity index (χ4v) is 2.35. The lowest BCUT2D eigenvalue weighted by Crippen LogP contribution is -2.32. The third-order valence-electron chi connectivity index (χ3n) is 3.62. The highest BCUT2D eigenvalue weighted by atomic mass is 16.4. The van der Waals surface area contributed by atoms with E-state index in [9.17, 15) is 9.59 Å². The second-order valence-corrected chi connectivity index (χ2v) is 5.33. The maximum atomic E-state index is 12.0. The first-order valence-electron chi connectivity index (χ1n) is 7.53. The Labute approximate surface area is 125 Å². The largest absolute Gasteiger partial charge is 0.481 e. The summed E-state index contributed by atoms with van der Waals surface area (Å²) in [5, 5.41) is 15.7. The highest BCUT2D eigenvalue weighted by Crippen LogP contribution is 2.17. The molecule has 118 valence electrons. The highest BCUT2D eigenvalue weighted by Gasteiger charge is 2.15.